The lowest BCUT2D eigenvalue weighted by Gasteiger charge is -2.29. The predicted molar refractivity (Wildman–Crippen MR) is 109 cm³/mol. The van der Waals surface area contributed by atoms with E-state index in [1.165, 1.54) is 11.2 Å². The van der Waals surface area contributed by atoms with Crippen LogP contribution in [0.5, 0.6) is 5.88 Å². The van der Waals surface area contributed by atoms with Crippen LogP contribution >= 0.6 is 0 Å². The van der Waals surface area contributed by atoms with E-state index in [2.05, 4.69) is 27.3 Å². The zero-order valence-electron chi connectivity index (χ0n) is 16.3. The summed E-state index contributed by atoms with van der Waals surface area (Å²) in [7, 11) is 0. The van der Waals surface area contributed by atoms with E-state index in [0.29, 0.717) is 37.5 Å². The number of likely N-dealkylation sites (tertiary alicyclic amines) is 1. The van der Waals surface area contributed by atoms with Crippen molar-refractivity contribution in [3.63, 3.8) is 0 Å². The lowest BCUT2D eigenvalue weighted by atomic mass is 10.1. The highest BCUT2D eigenvalue weighted by Gasteiger charge is 2.24. The predicted octanol–water partition coefficient (Wildman–Crippen LogP) is 3.16. The van der Waals surface area contributed by atoms with Gasteiger partial charge in [-0.2, -0.15) is 5.10 Å². The highest BCUT2D eigenvalue weighted by Crippen LogP contribution is 2.26. The number of benzene rings is 1. The van der Waals surface area contributed by atoms with Crippen LogP contribution in [-0.4, -0.2) is 61.6 Å². The molecule has 0 saturated carbocycles. The van der Waals surface area contributed by atoms with Gasteiger partial charge in [-0.3, -0.25) is 0 Å². The number of anilines is 1. The quantitative estimate of drug-likeness (QED) is 0.659. The van der Waals surface area contributed by atoms with Crippen LogP contribution in [0.1, 0.15) is 26.2 Å². The minimum atomic E-state index is -0.884. The van der Waals surface area contributed by atoms with Crippen molar-refractivity contribution in [2.45, 2.75) is 32.3 Å². The second kappa shape index (κ2) is 8.34. The van der Waals surface area contributed by atoms with Crippen molar-refractivity contribution >= 4 is 22.8 Å². The number of fused-ring (bicyclic) bond motifs is 1. The molecule has 1 aliphatic rings. The van der Waals surface area contributed by atoms with Crippen molar-refractivity contribution in [3.05, 3.63) is 36.8 Å². The third-order valence-corrected chi connectivity index (χ3v) is 5.01. The highest BCUT2D eigenvalue weighted by molar-refractivity contribution is 5.81. The molecule has 9 heteroatoms. The van der Waals surface area contributed by atoms with Crippen LogP contribution in [-0.2, 0) is 0 Å². The molecule has 0 aliphatic carbocycles. The number of rotatable bonds is 6. The molecular weight excluding hydrogens is 372 g/mol. The average molecular weight is 396 g/mol. The summed E-state index contributed by atoms with van der Waals surface area (Å²) in [5.41, 5.74) is 2.65. The Balaban J connectivity index is 1.52. The van der Waals surface area contributed by atoms with Crippen molar-refractivity contribution in [1.29, 1.82) is 0 Å². The minimum absolute atomic E-state index is 0.0732. The Morgan fingerprint density at radius 2 is 2.00 bits per heavy atom. The van der Waals surface area contributed by atoms with Crippen LogP contribution in [0.3, 0.4) is 0 Å². The second-order valence-electron chi connectivity index (χ2n) is 7.03. The molecular formula is C20H24N6O3. The molecule has 3 aromatic rings. The van der Waals surface area contributed by atoms with Gasteiger partial charge in [0.15, 0.2) is 5.65 Å². The molecule has 0 bridgehead atoms. The van der Waals surface area contributed by atoms with Gasteiger partial charge in [-0.25, -0.2) is 19.4 Å². The Kier molecular flexibility index (Phi) is 5.46. The zero-order chi connectivity index (χ0) is 20.2. The molecule has 4 rings (SSSR count). The summed E-state index contributed by atoms with van der Waals surface area (Å²) in [4.78, 5) is 21.1. The number of aromatic nitrogens is 4. The molecule has 0 unspecified atom stereocenters. The third kappa shape index (κ3) is 4.08. The van der Waals surface area contributed by atoms with E-state index in [9.17, 15) is 4.79 Å². The third-order valence-electron chi connectivity index (χ3n) is 5.01. The van der Waals surface area contributed by atoms with Crippen LogP contribution in [0.2, 0.25) is 0 Å². The van der Waals surface area contributed by atoms with Gasteiger partial charge >= 0.3 is 6.09 Å². The fourth-order valence-electron chi connectivity index (χ4n) is 3.42. The smallest absolute Gasteiger partial charge is 0.407 e. The summed E-state index contributed by atoms with van der Waals surface area (Å²) in [6.45, 7) is 3.99. The van der Waals surface area contributed by atoms with Crippen LogP contribution in [0.4, 0.5) is 10.5 Å². The Hall–Kier alpha value is -3.36. The molecule has 2 aromatic heterocycles. The van der Waals surface area contributed by atoms with Crippen molar-refractivity contribution in [3.8, 4) is 11.6 Å². The normalized spacial score (nSPS) is 14.9. The molecule has 1 fully saturated rings. The molecule has 0 spiro atoms. The number of hydrogen-bond acceptors (Lipinski definition) is 6. The van der Waals surface area contributed by atoms with Crippen LogP contribution in [0.15, 0.2) is 36.8 Å². The van der Waals surface area contributed by atoms with E-state index in [-0.39, 0.29) is 6.10 Å². The second-order valence-corrected chi connectivity index (χ2v) is 7.03. The largest absolute Gasteiger partial charge is 0.474 e. The topological polar surface area (TPSA) is 105 Å². The minimum Gasteiger partial charge on any atom is -0.474 e. The fourth-order valence-corrected chi connectivity index (χ4v) is 3.42. The van der Waals surface area contributed by atoms with Crippen LogP contribution in [0, 0.1) is 0 Å². The highest BCUT2D eigenvalue weighted by atomic mass is 16.5. The van der Waals surface area contributed by atoms with E-state index in [1.54, 1.807) is 10.9 Å². The first kappa shape index (κ1) is 19.0. The first-order chi connectivity index (χ1) is 14.2. The summed E-state index contributed by atoms with van der Waals surface area (Å²) in [5.74, 6) is 0.483. The summed E-state index contributed by atoms with van der Waals surface area (Å²) < 4.78 is 7.84. The Morgan fingerprint density at radius 3 is 2.69 bits per heavy atom. The van der Waals surface area contributed by atoms with Gasteiger partial charge in [-0.05, 0) is 30.7 Å². The van der Waals surface area contributed by atoms with Gasteiger partial charge in [0.25, 0.3) is 0 Å². The molecule has 9 nitrogen and oxygen atoms in total. The SMILES string of the molecule is CCCNc1ccc(-n2ncc3c(OC4CCN(C(=O)O)CC4)ncnc32)cc1. The molecule has 29 heavy (non-hydrogen) atoms. The maximum absolute atomic E-state index is 11.1. The average Bonchev–Trinajstić information content (AvgIpc) is 3.18. The lowest BCUT2D eigenvalue weighted by molar-refractivity contribution is 0.0879. The molecule has 2 N–H and O–H groups in total. The number of hydrogen-bond donors (Lipinski definition) is 2. The summed E-state index contributed by atoms with van der Waals surface area (Å²) in [5, 5.41) is 17.6. The Morgan fingerprint density at radius 1 is 1.24 bits per heavy atom. The van der Waals surface area contributed by atoms with E-state index >= 15 is 0 Å². The van der Waals surface area contributed by atoms with Crippen molar-refractivity contribution in [1.82, 2.24) is 24.6 Å². The van der Waals surface area contributed by atoms with Crippen LogP contribution in [0.25, 0.3) is 16.7 Å². The molecule has 3 heterocycles. The number of carboxylic acid groups (broad SMARTS) is 1. The molecule has 1 saturated heterocycles. The zero-order valence-corrected chi connectivity index (χ0v) is 16.3. The standard InChI is InChI=1S/C20H24N6O3/c1-2-9-21-14-3-5-15(6-4-14)26-18-17(12-24-26)19(23-13-22-18)29-16-7-10-25(11-8-16)20(27)28/h3-6,12-13,16,21H,2,7-11H2,1H3,(H,27,28). The van der Waals surface area contributed by atoms with Gasteiger partial charge in [-0.15, -0.1) is 0 Å². The molecule has 1 amide bonds. The molecule has 1 aliphatic heterocycles. The van der Waals surface area contributed by atoms with Gasteiger partial charge < -0.3 is 20.1 Å². The lowest BCUT2D eigenvalue weighted by Crippen LogP contribution is -2.41. The number of nitrogens with one attached hydrogen (secondary N) is 1. The molecule has 0 atom stereocenters. The van der Waals surface area contributed by atoms with Crippen molar-refractivity contribution in [2.24, 2.45) is 0 Å². The maximum Gasteiger partial charge on any atom is 0.407 e. The number of carbonyl (C=O) groups is 1. The van der Waals surface area contributed by atoms with Gasteiger partial charge in [0.1, 0.15) is 17.8 Å². The van der Waals surface area contributed by atoms with E-state index in [0.717, 1.165) is 29.7 Å². The number of ether oxygens (including phenoxy) is 1. The molecule has 0 radical (unpaired) electrons. The van der Waals surface area contributed by atoms with Crippen LogP contribution < -0.4 is 10.1 Å². The Bertz CT molecular complexity index is 980. The molecule has 152 valence electrons. The van der Waals surface area contributed by atoms with Gasteiger partial charge in [0.2, 0.25) is 5.88 Å². The summed E-state index contributed by atoms with van der Waals surface area (Å²) in [6, 6.07) is 8.03. The van der Waals surface area contributed by atoms with Crippen molar-refractivity contribution in [2.75, 3.05) is 25.0 Å². The number of nitrogens with zero attached hydrogens (tertiary/aromatic N) is 5. The van der Waals surface area contributed by atoms with Crippen molar-refractivity contribution < 1.29 is 14.6 Å². The van der Waals surface area contributed by atoms with Gasteiger partial charge in [0.05, 0.1) is 11.9 Å². The van der Waals surface area contributed by atoms with Gasteiger partial charge in [-0.1, -0.05) is 6.92 Å². The Labute approximate surface area is 168 Å². The van der Waals surface area contributed by atoms with Gasteiger partial charge in [0, 0.05) is 38.2 Å². The van der Waals surface area contributed by atoms with E-state index < -0.39 is 6.09 Å². The number of piperidine rings is 1. The first-order valence-corrected chi connectivity index (χ1v) is 9.83. The first-order valence-electron chi connectivity index (χ1n) is 9.83. The summed E-state index contributed by atoms with van der Waals surface area (Å²) in [6.07, 6.45) is 4.57. The monoisotopic (exact) mass is 396 g/mol. The van der Waals surface area contributed by atoms with E-state index in [1.807, 2.05) is 24.3 Å². The maximum atomic E-state index is 11.1. The molecule has 1 aromatic carbocycles. The van der Waals surface area contributed by atoms with E-state index in [4.69, 9.17) is 9.84 Å². The fraction of sp³-hybridized carbons (Fsp3) is 0.400. The number of amides is 1. The summed E-state index contributed by atoms with van der Waals surface area (Å²) >= 11 is 0.